The lowest BCUT2D eigenvalue weighted by Gasteiger charge is -2.18. The van der Waals surface area contributed by atoms with Crippen molar-refractivity contribution in [2.24, 2.45) is 0 Å². The van der Waals surface area contributed by atoms with Crippen LogP contribution in [0, 0.1) is 6.92 Å². The average Bonchev–Trinajstić information content (AvgIpc) is 2.16. The van der Waals surface area contributed by atoms with E-state index >= 15 is 0 Å². The lowest BCUT2D eigenvalue weighted by atomic mass is 10.2. The second-order valence-corrected chi connectivity index (χ2v) is 5.45. The summed E-state index contributed by atoms with van der Waals surface area (Å²) in [4.78, 5) is 10.4. The van der Waals surface area contributed by atoms with Gasteiger partial charge in [0, 0.05) is 7.05 Å². The molecule has 5 nitrogen and oxygen atoms in total. The van der Waals surface area contributed by atoms with Crippen LogP contribution in [0.5, 0.6) is 0 Å². The first kappa shape index (κ1) is 12.5. The van der Waals surface area contributed by atoms with E-state index in [4.69, 9.17) is 5.11 Å². The normalized spacial score (nSPS) is 11.1. The fourth-order valence-corrected chi connectivity index (χ4v) is 2.12. The number of carboxylic acids is 1. The maximum atomic E-state index is 11.6. The van der Waals surface area contributed by atoms with Gasteiger partial charge in [0.1, 0.15) is 0 Å². The van der Waals surface area contributed by atoms with E-state index in [0.29, 0.717) is 5.69 Å². The van der Waals surface area contributed by atoms with Crippen molar-refractivity contribution in [3.05, 3.63) is 29.8 Å². The molecule has 1 N–H and O–H groups in total. The third kappa shape index (κ3) is 2.96. The minimum Gasteiger partial charge on any atom is -0.480 e. The van der Waals surface area contributed by atoms with E-state index < -0.39 is 21.7 Å². The highest BCUT2D eigenvalue weighted by molar-refractivity contribution is 7.93. The second-order valence-electron chi connectivity index (χ2n) is 3.45. The summed E-state index contributed by atoms with van der Waals surface area (Å²) in [7, 11) is -2.46. The molecule has 0 unspecified atom stereocenters. The Morgan fingerprint density at radius 2 is 1.81 bits per heavy atom. The molecule has 16 heavy (non-hydrogen) atoms. The summed E-state index contributed by atoms with van der Waals surface area (Å²) in [6.07, 6.45) is 0. The third-order valence-corrected chi connectivity index (χ3v) is 3.78. The first-order valence-electron chi connectivity index (χ1n) is 4.58. The molecule has 0 bridgehead atoms. The van der Waals surface area contributed by atoms with Crippen LogP contribution in [0.1, 0.15) is 5.56 Å². The van der Waals surface area contributed by atoms with Crippen molar-refractivity contribution in [1.29, 1.82) is 0 Å². The number of hydrogen-bond acceptors (Lipinski definition) is 3. The van der Waals surface area contributed by atoms with E-state index in [-0.39, 0.29) is 0 Å². The third-order valence-electron chi connectivity index (χ3n) is 2.12. The lowest BCUT2D eigenvalue weighted by molar-refractivity contribution is -0.134. The van der Waals surface area contributed by atoms with Crippen molar-refractivity contribution in [3.63, 3.8) is 0 Å². The van der Waals surface area contributed by atoms with Crippen LogP contribution in [-0.2, 0) is 14.8 Å². The number of carbonyl (C=O) groups is 1. The molecule has 0 aliphatic heterocycles. The molecular formula is C10H13NO4S. The molecule has 6 heteroatoms. The van der Waals surface area contributed by atoms with E-state index in [1.807, 2.05) is 6.92 Å². The number of hydrogen-bond donors (Lipinski definition) is 1. The number of benzene rings is 1. The standard InChI is InChI=1S/C10H13NO4S/c1-8-3-5-9(6-4-8)11(2)16(14,15)7-10(12)13/h3-6H,7H2,1-2H3,(H,12,13). The van der Waals surface area contributed by atoms with Gasteiger partial charge in [-0.25, -0.2) is 8.42 Å². The molecule has 0 saturated carbocycles. The Morgan fingerprint density at radius 3 is 2.25 bits per heavy atom. The Labute approximate surface area is 94.4 Å². The predicted molar refractivity (Wildman–Crippen MR) is 61.0 cm³/mol. The summed E-state index contributed by atoms with van der Waals surface area (Å²) in [6.45, 7) is 1.88. The van der Waals surface area contributed by atoms with Crippen LogP contribution >= 0.6 is 0 Å². The molecular weight excluding hydrogens is 230 g/mol. The van der Waals surface area contributed by atoms with Gasteiger partial charge in [-0.05, 0) is 19.1 Å². The number of aliphatic carboxylic acids is 1. The van der Waals surface area contributed by atoms with Gasteiger partial charge in [0.15, 0.2) is 5.75 Å². The molecule has 0 amide bonds. The van der Waals surface area contributed by atoms with Crippen molar-refractivity contribution < 1.29 is 18.3 Å². The molecule has 0 radical (unpaired) electrons. The van der Waals surface area contributed by atoms with Gasteiger partial charge in [-0.15, -0.1) is 0 Å². The van der Waals surface area contributed by atoms with Crippen LogP contribution in [0.15, 0.2) is 24.3 Å². The van der Waals surface area contributed by atoms with Crippen molar-refractivity contribution >= 4 is 21.7 Å². The van der Waals surface area contributed by atoms with Gasteiger partial charge in [0.05, 0.1) is 5.69 Å². The quantitative estimate of drug-likeness (QED) is 0.850. The Morgan fingerprint density at radius 1 is 1.31 bits per heavy atom. The number of anilines is 1. The molecule has 0 aromatic heterocycles. The zero-order valence-corrected chi connectivity index (χ0v) is 9.86. The Hall–Kier alpha value is -1.56. The van der Waals surface area contributed by atoms with E-state index in [1.54, 1.807) is 24.3 Å². The van der Waals surface area contributed by atoms with Crippen LogP contribution < -0.4 is 4.31 Å². The van der Waals surface area contributed by atoms with Gasteiger partial charge in [-0.1, -0.05) is 17.7 Å². The monoisotopic (exact) mass is 243 g/mol. The van der Waals surface area contributed by atoms with Crippen molar-refractivity contribution in [1.82, 2.24) is 0 Å². The molecule has 1 rings (SSSR count). The molecule has 0 aliphatic rings. The summed E-state index contributed by atoms with van der Waals surface area (Å²) < 4.78 is 24.1. The number of carboxylic acid groups (broad SMARTS) is 1. The first-order chi connectivity index (χ1) is 7.33. The maximum Gasteiger partial charge on any atom is 0.320 e. The molecule has 0 aliphatic carbocycles. The smallest absolute Gasteiger partial charge is 0.320 e. The highest BCUT2D eigenvalue weighted by Gasteiger charge is 2.21. The summed E-state index contributed by atoms with van der Waals surface area (Å²) >= 11 is 0. The van der Waals surface area contributed by atoms with Crippen LogP contribution in [0.4, 0.5) is 5.69 Å². The van der Waals surface area contributed by atoms with Crippen LogP contribution in [0.25, 0.3) is 0 Å². The fourth-order valence-electron chi connectivity index (χ4n) is 1.17. The van der Waals surface area contributed by atoms with E-state index in [9.17, 15) is 13.2 Å². The molecule has 1 aromatic rings. The van der Waals surface area contributed by atoms with Gasteiger partial charge in [-0.2, -0.15) is 0 Å². The number of rotatable bonds is 4. The van der Waals surface area contributed by atoms with Gasteiger partial charge in [-0.3, -0.25) is 9.10 Å². The van der Waals surface area contributed by atoms with Crippen LogP contribution in [-0.4, -0.2) is 32.3 Å². The highest BCUT2D eigenvalue weighted by atomic mass is 32.2. The molecule has 0 saturated heterocycles. The lowest BCUT2D eigenvalue weighted by Crippen LogP contribution is -2.32. The molecule has 0 spiro atoms. The second kappa shape index (κ2) is 4.52. The van der Waals surface area contributed by atoms with Crippen molar-refractivity contribution in [2.75, 3.05) is 17.1 Å². The molecule has 88 valence electrons. The van der Waals surface area contributed by atoms with E-state index in [2.05, 4.69) is 0 Å². The van der Waals surface area contributed by atoms with Gasteiger partial charge in [0.25, 0.3) is 0 Å². The topological polar surface area (TPSA) is 74.7 Å². The molecule has 0 fully saturated rings. The van der Waals surface area contributed by atoms with Gasteiger partial charge in [0.2, 0.25) is 10.0 Å². The van der Waals surface area contributed by atoms with Crippen molar-refractivity contribution in [2.45, 2.75) is 6.92 Å². The number of nitrogens with zero attached hydrogens (tertiary/aromatic N) is 1. The molecule has 0 atom stereocenters. The maximum absolute atomic E-state index is 11.6. The zero-order chi connectivity index (χ0) is 12.3. The zero-order valence-electron chi connectivity index (χ0n) is 9.04. The first-order valence-corrected chi connectivity index (χ1v) is 6.19. The van der Waals surface area contributed by atoms with E-state index in [1.165, 1.54) is 7.05 Å². The minimum absolute atomic E-state index is 0.451. The van der Waals surface area contributed by atoms with Gasteiger partial charge < -0.3 is 5.11 Å². The summed E-state index contributed by atoms with van der Waals surface area (Å²) in [5.74, 6) is -2.27. The highest BCUT2D eigenvalue weighted by Crippen LogP contribution is 2.16. The van der Waals surface area contributed by atoms with Crippen molar-refractivity contribution in [3.8, 4) is 0 Å². The molecule has 0 heterocycles. The SMILES string of the molecule is Cc1ccc(N(C)S(=O)(=O)CC(=O)O)cc1. The largest absolute Gasteiger partial charge is 0.480 e. The number of aryl methyl sites for hydroxylation is 1. The average molecular weight is 243 g/mol. The Bertz CT molecular complexity index is 478. The van der Waals surface area contributed by atoms with Crippen LogP contribution in [0.3, 0.4) is 0 Å². The minimum atomic E-state index is -3.79. The fraction of sp³-hybridized carbons (Fsp3) is 0.300. The van der Waals surface area contributed by atoms with Gasteiger partial charge >= 0.3 is 5.97 Å². The summed E-state index contributed by atoms with van der Waals surface area (Å²) in [5, 5.41) is 8.48. The Kier molecular flexibility index (Phi) is 3.54. The van der Waals surface area contributed by atoms with E-state index in [0.717, 1.165) is 9.87 Å². The Balaban J connectivity index is 2.97. The predicted octanol–water partition coefficient (Wildman–Crippen LogP) is 0.846. The summed E-state index contributed by atoms with van der Waals surface area (Å²) in [5.41, 5.74) is 1.46. The number of sulfonamides is 1. The van der Waals surface area contributed by atoms with Crippen LogP contribution in [0.2, 0.25) is 0 Å². The molecule has 1 aromatic carbocycles. The summed E-state index contributed by atoms with van der Waals surface area (Å²) in [6, 6.07) is 6.80.